The first-order chi connectivity index (χ1) is 8.59. The molecule has 0 heterocycles. The molecule has 2 nitrogen and oxygen atoms in total. The molecule has 0 N–H and O–H groups in total. The Morgan fingerprint density at radius 3 is 2.22 bits per heavy atom. The summed E-state index contributed by atoms with van der Waals surface area (Å²) in [4.78, 5) is 13.7. The van der Waals surface area contributed by atoms with E-state index in [-0.39, 0.29) is 5.91 Å². The van der Waals surface area contributed by atoms with Crippen LogP contribution in [0.25, 0.3) is 0 Å². The number of para-hydroxylation sites is 1. The summed E-state index contributed by atoms with van der Waals surface area (Å²) in [6, 6.07) is 15.8. The fourth-order valence-electron chi connectivity index (χ4n) is 2.12. The van der Waals surface area contributed by atoms with E-state index in [9.17, 15) is 4.79 Å². The van der Waals surface area contributed by atoms with E-state index in [2.05, 4.69) is 13.0 Å². The summed E-state index contributed by atoms with van der Waals surface area (Å²) in [6.07, 6.45) is 0. The number of carbonyl (C=O) groups is 1. The van der Waals surface area contributed by atoms with Gasteiger partial charge in [-0.1, -0.05) is 35.9 Å². The minimum absolute atomic E-state index is 0.0214. The Morgan fingerprint density at radius 1 is 1.00 bits per heavy atom. The van der Waals surface area contributed by atoms with Crippen molar-refractivity contribution in [2.24, 2.45) is 0 Å². The molecule has 0 aliphatic rings. The Hall–Kier alpha value is -2.09. The minimum Gasteiger partial charge on any atom is -0.281 e. The molecule has 2 aromatic rings. The van der Waals surface area contributed by atoms with Crippen molar-refractivity contribution < 1.29 is 4.79 Å². The van der Waals surface area contributed by atoms with Crippen LogP contribution in [-0.2, 0) is 4.79 Å². The number of hydrogen-bond acceptors (Lipinski definition) is 1. The standard InChI is InChI=1S/C16H17NO/c1-12-9-10-16(13(2)11-12)17(14(3)18)15-7-5-4-6-8-15/h4-11H,1-3H3. The van der Waals surface area contributed by atoms with E-state index in [1.54, 1.807) is 11.8 Å². The van der Waals surface area contributed by atoms with Crippen LogP contribution in [0.1, 0.15) is 18.1 Å². The Kier molecular flexibility index (Phi) is 3.47. The number of rotatable bonds is 2. The van der Waals surface area contributed by atoms with Gasteiger partial charge in [-0.15, -0.1) is 0 Å². The third-order valence-electron chi connectivity index (χ3n) is 2.92. The summed E-state index contributed by atoms with van der Waals surface area (Å²) in [6.45, 7) is 5.67. The van der Waals surface area contributed by atoms with Crippen LogP contribution in [0.15, 0.2) is 48.5 Å². The van der Waals surface area contributed by atoms with E-state index in [0.29, 0.717) is 0 Å². The molecule has 0 aliphatic heterocycles. The lowest BCUT2D eigenvalue weighted by Gasteiger charge is -2.23. The maximum atomic E-state index is 11.9. The van der Waals surface area contributed by atoms with Crippen LogP contribution in [0.4, 0.5) is 11.4 Å². The highest BCUT2D eigenvalue weighted by Crippen LogP contribution is 2.28. The number of anilines is 2. The van der Waals surface area contributed by atoms with Crippen LogP contribution in [0.5, 0.6) is 0 Å². The average Bonchev–Trinajstić information content (AvgIpc) is 2.33. The lowest BCUT2D eigenvalue weighted by Crippen LogP contribution is -2.23. The maximum absolute atomic E-state index is 11.9. The number of hydrogen-bond donors (Lipinski definition) is 0. The van der Waals surface area contributed by atoms with Gasteiger partial charge in [-0.3, -0.25) is 9.69 Å². The molecule has 0 unspecified atom stereocenters. The summed E-state index contributed by atoms with van der Waals surface area (Å²) in [7, 11) is 0. The zero-order valence-electron chi connectivity index (χ0n) is 11.0. The predicted molar refractivity (Wildman–Crippen MR) is 75.2 cm³/mol. The zero-order valence-corrected chi connectivity index (χ0v) is 11.0. The number of benzene rings is 2. The van der Waals surface area contributed by atoms with Crippen molar-refractivity contribution in [3.8, 4) is 0 Å². The van der Waals surface area contributed by atoms with Crippen molar-refractivity contribution >= 4 is 17.3 Å². The van der Waals surface area contributed by atoms with Gasteiger partial charge < -0.3 is 0 Å². The molecule has 0 aromatic heterocycles. The highest BCUT2D eigenvalue weighted by Gasteiger charge is 2.15. The summed E-state index contributed by atoms with van der Waals surface area (Å²) < 4.78 is 0. The van der Waals surface area contributed by atoms with Gasteiger partial charge in [0.25, 0.3) is 0 Å². The fraction of sp³-hybridized carbons (Fsp3) is 0.188. The molecule has 2 rings (SSSR count). The van der Waals surface area contributed by atoms with E-state index >= 15 is 0 Å². The summed E-state index contributed by atoms with van der Waals surface area (Å²) in [5, 5.41) is 0. The lowest BCUT2D eigenvalue weighted by molar-refractivity contribution is -0.115. The second-order valence-corrected chi connectivity index (χ2v) is 4.48. The van der Waals surface area contributed by atoms with Gasteiger partial charge in [0.05, 0.1) is 5.69 Å². The van der Waals surface area contributed by atoms with Crippen molar-refractivity contribution in [1.29, 1.82) is 0 Å². The molecular weight excluding hydrogens is 222 g/mol. The van der Waals surface area contributed by atoms with Crippen molar-refractivity contribution in [3.05, 3.63) is 59.7 Å². The molecule has 0 atom stereocenters. The molecular formula is C16H17NO. The molecule has 0 radical (unpaired) electrons. The van der Waals surface area contributed by atoms with Gasteiger partial charge in [-0.2, -0.15) is 0 Å². The first kappa shape index (κ1) is 12.4. The van der Waals surface area contributed by atoms with Gasteiger partial charge >= 0.3 is 0 Å². The quantitative estimate of drug-likeness (QED) is 0.776. The molecule has 0 spiro atoms. The van der Waals surface area contributed by atoms with Crippen molar-refractivity contribution in [1.82, 2.24) is 0 Å². The third kappa shape index (κ3) is 2.43. The monoisotopic (exact) mass is 239 g/mol. The molecule has 0 fully saturated rings. The maximum Gasteiger partial charge on any atom is 0.228 e. The largest absolute Gasteiger partial charge is 0.281 e. The molecule has 92 valence electrons. The molecule has 1 amide bonds. The molecule has 2 heteroatoms. The van der Waals surface area contributed by atoms with Crippen LogP contribution in [0, 0.1) is 13.8 Å². The SMILES string of the molecule is CC(=O)N(c1ccccc1)c1ccc(C)cc1C. The van der Waals surface area contributed by atoms with Crippen molar-refractivity contribution in [3.63, 3.8) is 0 Å². The average molecular weight is 239 g/mol. The van der Waals surface area contributed by atoms with Crippen LogP contribution in [0.2, 0.25) is 0 Å². The molecule has 18 heavy (non-hydrogen) atoms. The Balaban J connectivity index is 2.52. The van der Waals surface area contributed by atoms with Crippen molar-refractivity contribution in [2.75, 3.05) is 4.90 Å². The van der Waals surface area contributed by atoms with E-state index in [0.717, 1.165) is 16.9 Å². The van der Waals surface area contributed by atoms with E-state index in [1.165, 1.54) is 5.56 Å². The van der Waals surface area contributed by atoms with Gasteiger partial charge in [0, 0.05) is 12.6 Å². The van der Waals surface area contributed by atoms with Crippen LogP contribution in [0.3, 0.4) is 0 Å². The fourth-order valence-corrected chi connectivity index (χ4v) is 2.12. The van der Waals surface area contributed by atoms with E-state index in [4.69, 9.17) is 0 Å². The highest BCUT2D eigenvalue weighted by molar-refractivity contribution is 5.99. The number of amides is 1. The smallest absolute Gasteiger partial charge is 0.228 e. The van der Waals surface area contributed by atoms with Gasteiger partial charge in [-0.25, -0.2) is 0 Å². The molecule has 0 saturated heterocycles. The number of aryl methyl sites for hydroxylation is 2. The normalized spacial score (nSPS) is 10.2. The lowest BCUT2D eigenvalue weighted by atomic mass is 10.1. The number of carbonyl (C=O) groups excluding carboxylic acids is 1. The zero-order chi connectivity index (χ0) is 13.1. The van der Waals surface area contributed by atoms with Crippen molar-refractivity contribution in [2.45, 2.75) is 20.8 Å². The Labute approximate surface area is 108 Å². The first-order valence-corrected chi connectivity index (χ1v) is 6.02. The van der Waals surface area contributed by atoms with Gasteiger partial charge in [0.2, 0.25) is 5.91 Å². The van der Waals surface area contributed by atoms with Crippen LogP contribution in [-0.4, -0.2) is 5.91 Å². The number of nitrogens with zero attached hydrogens (tertiary/aromatic N) is 1. The second kappa shape index (κ2) is 5.05. The first-order valence-electron chi connectivity index (χ1n) is 6.02. The Bertz CT molecular complexity index is 561. The second-order valence-electron chi connectivity index (χ2n) is 4.48. The minimum atomic E-state index is 0.0214. The molecule has 2 aromatic carbocycles. The van der Waals surface area contributed by atoms with Crippen LogP contribution < -0.4 is 4.90 Å². The molecule has 0 bridgehead atoms. The van der Waals surface area contributed by atoms with Gasteiger partial charge in [0.15, 0.2) is 0 Å². The van der Waals surface area contributed by atoms with Gasteiger partial charge in [0.1, 0.15) is 0 Å². The topological polar surface area (TPSA) is 20.3 Å². The van der Waals surface area contributed by atoms with Crippen LogP contribution >= 0.6 is 0 Å². The summed E-state index contributed by atoms with van der Waals surface area (Å²) >= 11 is 0. The van der Waals surface area contributed by atoms with E-state index in [1.807, 2.05) is 49.4 Å². The third-order valence-corrected chi connectivity index (χ3v) is 2.92. The highest BCUT2D eigenvalue weighted by atomic mass is 16.2. The molecule has 0 aliphatic carbocycles. The summed E-state index contributed by atoms with van der Waals surface area (Å²) in [5.74, 6) is 0.0214. The Morgan fingerprint density at radius 2 is 1.67 bits per heavy atom. The molecule has 0 saturated carbocycles. The van der Waals surface area contributed by atoms with E-state index < -0.39 is 0 Å². The summed E-state index contributed by atoms with van der Waals surface area (Å²) in [5.41, 5.74) is 4.15. The predicted octanol–water partition coefficient (Wildman–Crippen LogP) is 3.99. The van der Waals surface area contributed by atoms with Gasteiger partial charge in [-0.05, 0) is 37.6 Å².